The number of hydrogen-bond donors (Lipinski definition) is 1. The molecule has 0 saturated carbocycles. The molecule has 1 N–H and O–H groups in total. The molecule has 0 aliphatic carbocycles. The zero-order valence-electron chi connectivity index (χ0n) is 15.7. The van der Waals surface area contributed by atoms with Gasteiger partial charge in [-0.3, -0.25) is 9.59 Å². The minimum absolute atomic E-state index is 0.135. The van der Waals surface area contributed by atoms with Crippen molar-refractivity contribution in [3.8, 4) is 0 Å². The Kier molecular flexibility index (Phi) is 6.73. The lowest BCUT2D eigenvalue weighted by atomic mass is 9.75. The number of ketones is 1. The normalized spacial score (nSPS) is 14.8. The maximum Gasteiger partial charge on any atom is 0.408 e. The molecule has 0 aliphatic heterocycles. The quantitative estimate of drug-likeness (QED) is 0.629. The summed E-state index contributed by atoms with van der Waals surface area (Å²) < 4.78 is 10.4. The number of alkyl carbamates (subject to hydrolysis) is 1. The van der Waals surface area contributed by atoms with Crippen molar-refractivity contribution < 1.29 is 23.9 Å². The zero-order chi connectivity index (χ0) is 19.3. The maximum absolute atomic E-state index is 12.6. The minimum atomic E-state index is -1.58. The van der Waals surface area contributed by atoms with Crippen LogP contribution in [-0.4, -0.2) is 30.1 Å². The van der Waals surface area contributed by atoms with Crippen LogP contribution in [0.2, 0.25) is 0 Å². The Morgan fingerprint density at radius 1 is 1.08 bits per heavy atom. The van der Waals surface area contributed by atoms with Gasteiger partial charge in [0.25, 0.3) is 0 Å². The number of carbonyl (C=O) groups is 3. The first-order valence-electron chi connectivity index (χ1n) is 8.25. The summed E-state index contributed by atoms with van der Waals surface area (Å²) in [5.41, 5.74) is -1.67. The van der Waals surface area contributed by atoms with E-state index in [1.807, 2.05) is 6.07 Å². The standard InChI is InChI=1S/C19H27NO5/c1-7-24-16(22)19(6,13(2)21)15(14-11-9-8-10-12-14)20-17(23)25-18(3,4)5/h8-12,15H,7H2,1-6H3,(H,20,23)/t15?,19-/m1/s1. The lowest BCUT2D eigenvalue weighted by Gasteiger charge is -2.34. The molecule has 2 atom stereocenters. The van der Waals surface area contributed by atoms with Crippen LogP contribution < -0.4 is 5.32 Å². The van der Waals surface area contributed by atoms with Crippen molar-refractivity contribution in [1.29, 1.82) is 0 Å². The van der Waals surface area contributed by atoms with Crippen LogP contribution in [0.4, 0.5) is 4.79 Å². The van der Waals surface area contributed by atoms with Gasteiger partial charge in [0.05, 0.1) is 12.6 Å². The highest BCUT2D eigenvalue weighted by Crippen LogP contribution is 2.36. The summed E-state index contributed by atoms with van der Waals surface area (Å²) in [5, 5.41) is 2.67. The monoisotopic (exact) mass is 349 g/mol. The Morgan fingerprint density at radius 3 is 2.08 bits per heavy atom. The third-order valence-electron chi connectivity index (χ3n) is 3.80. The summed E-state index contributed by atoms with van der Waals surface area (Å²) in [6, 6.07) is 7.91. The highest BCUT2D eigenvalue weighted by atomic mass is 16.6. The fraction of sp³-hybridized carbons (Fsp3) is 0.526. The van der Waals surface area contributed by atoms with Crippen molar-refractivity contribution >= 4 is 17.8 Å². The summed E-state index contributed by atoms with van der Waals surface area (Å²) in [7, 11) is 0. The Labute approximate surface area is 148 Å². The van der Waals surface area contributed by atoms with Crippen LogP contribution in [0.5, 0.6) is 0 Å². The van der Waals surface area contributed by atoms with E-state index in [-0.39, 0.29) is 6.61 Å². The lowest BCUT2D eigenvalue weighted by Crippen LogP contribution is -2.50. The molecule has 0 fully saturated rings. The van der Waals surface area contributed by atoms with Gasteiger partial charge in [0, 0.05) is 0 Å². The summed E-state index contributed by atoms with van der Waals surface area (Å²) in [4.78, 5) is 37.2. The van der Waals surface area contributed by atoms with Gasteiger partial charge in [-0.15, -0.1) is 0 Å². The Hall–Kier alpha value is -2.37. The highest BCUT2D eigenvalue weighted by Gasteiger charge is 2.49. The van der Waals surface area contributed by atoms with Crippen molar-refractivity contribution in [1.82, 2.24) is 5.32 Å². The molecule has 0 spiro atoms. The van der Waals surface area contributed by atoms with Gasteiger partial charge in [0.2, 0.25) is 0 Å². The number of rotatable bonds is 6. The second-order valence-electron chi connectivity index (χ2n) is 6.97. The number of nitrogens with one attached hydrogen (secondary N) is 1. The van der Waals surface area contributed by atoms with Gasteiger partial charge in [-0.05, 0) is 47.1 Å². The van der Waals surface area contributed by atoms with Crippen LogP contribution >= 0.6 is 0 Å². The molecule has 0 aromatic heterocycles. The average Bonchev–Trinajstić information content (AvgIpc) is 2.51. The zero-order valence-corrected chi connectivity index (χ0v) is 15.7. The molecular weight excluding hydrogens is 322 g/mol. The molecule has 25 heavy (non-hydrogen) atoms. The second kappa shape index (κ2) is 8.14. The summed E-state index contributed by atoms with van der Waals surface area (Å²) in [6.45, 7) is 9.79. The van der Waals surface area contributed by atoms with Crippen molar-refractivity contribution in [2.75, 3.05) is 6.61 Å². The first-order chi connectivity index (χ1) is 11.5. The molecule has 1 rings (SSSR count). The largest absolute Gasteiger partial charge is 0.465 e. The Morgan fingerprint density at radius 2 is 1.64 bits per heavy atom. The van der Waals surface area contributed by atoms with E-state index in [0.29, 0.717) is 5.56 Å². The number of Topliss-reactive ketones (excluding diaryl/α,β-unsaturated/α-hetero) is 1. The van der Waals surface area contributed by atoms with Crippen molar-refractivity contribution in [2.45, 2.75) is 53.2 Å². The number of esters is 1. The van der Waals surface area contributed by atoms with Crippen LogP contribution in [0, 0.1) is 5.41 Å². The van der Waals surface area contributed by atoms with Crippen LogP contribution in [0.3, 0.4) is 0 Å². The van der Waals surface area contributed by atoms with Crippen molar-refractivity contribution in [3.05, 3.63) is 35.9 Å². The van der Waals surface area contributed by atoms with E-state index in [9.17, 15) is 14.4 Å². The first-order valence-corrected chi connectivity index (χ1v) is 8.25. The van der Waals surface area contributed by atoms with Crippen LogP contribution in [-0.2, 0) is 19.1 Å². The van der Waals surface area contributed by atoms with E-state index < -0.39 is 34.9 Å². The number of hydrogen-bond acceptors (Lipinski definition) is 5. The molecule has 1 unspecified atom stereocenters. The van der Waals surface area contributed by atoms with E-state index in [1.165, 1.54) is 13.8 Å². The first kappa shape index (κ1) is 20.7. The fourth-order valence-corrected chi connectivity index (χ4v) is 2.38. The molecule has 0 bridgehead atoms. The summed E-state index contributed by atoms with van der Waals surface area (Å²) in [6.07, 6.45) is -0.710. The Bertz CT molecular complexity index is 620. The molecule has 6 nitrogen and oxygen atoms in total. The number of benzene rings is 1. The van der Waals surface area contributed by atoms with Gasteiger partial charge in [-0.25, -0.2) is 4.79 Å². The van der Waals surface area contributed by atoms with Gasteiger partial charge in [0.1, 0.15) is 16.8 Å². The molecule has 0 radical (unpaired) electrons. The average molecular weight is 349 g/mol. The molecule has 138 valence electrons. The van der Waals surface area contributed by atoms with Crippen LogP contribution in [0.25, 0.3) is 0 Å². The number of carbonyl (C=O) groups excluding carboxylic acids is 3. The van der Waals surface area contributed by atoms with Gasteiger partial charge in [-0.2, -0.15) is 0 Å². The van der Waals surface area contributed by atoms with E-state index >= 15 is 0 Å². The predicted molar refractivity (Wildman–Crippen MR) is 94.0 cm³/mol. The van der Waals surface area contributed by atoms with Crippen LogP contribution in [0.15, 0.2) is 30.3 Å². The highest BCUT2D eigenvalue weighted by molar-refractivity contribution is 6.03. The maximum atomic E-state index is 12.6. The molecular formula is C19H27NO5. The van der Waals surface area contributed by atoms with E-state index in [2.05, 4.69) is 5.32 Å². The molecule has 0 saturated heterocycles. The predicted octanol–water partition coefficient (Wildman–Crippen LogP) is 3.41. The molecule has 0 aliphatic rings. The molecule has 1 aromatic rings. The van der Waals surface area contributed by atoms with Crippen molar-refractivity contribution in [3.63, 3.8) is 0 Å². The summed E-state index contributed by atoms with van der Waals surface area (Å²) >= 11 is 0. The van der Waals surface area contributed by atoms with Crippen molar-refractivity contribution in [2.24, 2.45) is 5.41 Å². The SMILES string of the molecule is CCOC(=O)[C@](C)(C(C)=O)C(NC(=O)OC(C)(C)C)c1ccccc1. The topological polar surface area (TPSA) is 81.7 Å². The second-order valence-corrected chi connectivity index (χ2v) is 6.97. The third-order valence-corrected chi connectivity index (χ3v) is 3.80. The molecule has 1 amide bonds. The third kappa shape index (κ3) is 5.31. The summed E-state index contributed by atoms with van der Waals surface area (Å²) in [5.74, 6) is -1.09. The van der Waals surface area contributed by atoms with Gasteiger partial charge >= 0.3 is 12.1 Å². The Balaban J connectivity index is 3.31. The molecule has 1 aromatic carbocycles. The molecule has 6 heteroatoms. The lowest BCUT2D eigenvalue weighted by molar-refractivity contribution is -0.160. The number of ether oxygens (including phenoxy) is 2. The minimum Gasteiger partial charge on any atom is -0.465 e. The molecule has 0 heterocycles. The van der Waals surface area contributed by atoms with E-state index in [4.69, 9.17) is 9.47 Å². The van der Waals surface area contributed by atoms with Gasteiger partial charge < -0.3 is 14.8 Å². The van der Waals surface area contributed by atoms with E-state index in [0.717, 1.165) is 0 Å². The van der Waals surface area contributed by atoms with Crippen LogP contribution in [0.1, 0.15) is 53.1 Å². The number of amides is 1. The smallest absolute Gasteiger partial charge is 0.408 e. The van der Waals surface area contributed by atoms with Gasteiger partial charge in [-0.1, -0.05) is 30.3 Å². The fourth-order valence-electron chi connectivity index (χ4n) is 2.38. The van der Waals surface area contributed by atoms with E-state index in [1.54, 1.807) is 52.0 Å². The van der Waals surface area contributed by atoms with Gasteiger partial charge in [0.15, 0.2) is 0 Å².